The minimum absolute atomic E-state index is 0.481. The number of piperidine rings is 1. The summed E-state index contributed by atoms with van der Waals surface area (Å²) in [5.74, 6) is 0.716. The van der Waals surface area contributed by atoms with E-state index >= 15 is 0 Å². The molecule has 0 radical (unpaired) electrons. The largest absolute Gasteiger partial charge is 0.378 e. The number of hydrogen-bond acceptors (Lipinski definition) is 4. The van der Waals surface area contributed by atoms with E-state index in [1.54, 1.807) is 0 Å². The average Bonchev–Trinajstić information content (AvgIpc) is 3.02. The Bertz CT molecular complexity index is 417. The molecule has 0 aromatic carbocycles. The van der Waals surface area contributed by atoms with Crippen LogP contribution in [-0.4, -0.2) is 43.4 Å². The van der Waals surface area contributed by atoms with Gasteiger partial charge in [0.1, 0.15) is 0 Å². The summed E-state index contributed by atoms with van der Waals surface area (Å²) in [6, 6.07) is 4.88. The van der Waals surface area contributed by atoms with Gasteiger partial charge in [-0.05, 0) is 43.7 Å². The quantitative estimate of drug-likeness (QED) is 0.903. The van der Waals surface area contributed by atoms with Crippen molar-refractivity contribution in [2.24, 2.45) is 5.92 Å². The van der Waals surface area contributed by atoms with Crippen LogP contribution in [0.3, 0.4) is 0 Å². The van der Waals surface area contributed by atoms with Crippen LogP contribution in [0.15, 0.2) is 24.5 Å². The molecule has 0 saturated carbocycles. The molecule has 2 aliphatic heterocycles. The van der Waals surface area contributed by atoms with Crippen molar-refractivity contribution in [1.82, 2.24) is 10.3 Å². The Kier molecular flexibility index (Phi) is 5.09. The zero-order valence-corrected chi connectivity index (χ0v) is 13.0. The third kappa shape index (κ3) is 3.74. The molecule has 1 N–H and O–H groups in total. The smallest absolute Gasteiger partial charge is 0.0613 e. The van der Waals surface area contributed by atoms with Crippen molar-refractivity contribution in [2.45, 2.75) is 44.8 Å². The molecule has 0 aliphatic carbocycles. The summed E-state index contributed by atoms with van der Waals surface area (Å²) in [7, 11) is 0. The minimum Gasteiger partial charge on any atom is -0.378 e. The maximum absolute atomic E-state index is 5.78. The van der Waals surface area contributed by atoms with E-state index in [1.807, 2.05) is 12.4 Å². The van der Waals surface area contributed by atoms with E-state index in [2.05, 4.69) is 34.3 Å². The van der Waals surface area contributed by atoms with Gasteiger partial charge in [0.05, 0.1) is 6.10 Å². The van der Waals surface area contributed by atoms with Crippen LogP contribution in [0, 0.1) is 5.92 Å². The molecular weight excluding hydrogens is 262 g/mol. The van der Waals surface area contributed by atoms with Crippen LogP contribution in [0.1, 0.15) is 32.6 Å². The lowest BCUT2D eigenvalue weighted by molar-refractivity contribution is 0.0863. The number of ether oxygens (including phenoxy) is 1. The Balaban J connectivity index is 1.42. The lowest BCUT2D eigenvalue weighted by Gasteiger charge is -2.34. The Morgan fingerprint density at radius 2 is 2.00 bits per heavy atom. The van der Waals surface area contributed by atoms with Crippen molar-refractivity contribution in [3.05, 3.63) is 24.5 Å². The van der Waals surface area contributed by atoms with Crippen LogP contribution in [0.4, 0.5) is 5.69 Å². The van der Waals surface area contributed by atoms with E-state index in [0.29, 0.717) is 18.1 Å². The van der Waals surface area contributed by atoms with Crippen molar-refractivity contribution < 1.29 is 4.74 Å². The highest BCUT2D eigenvalue weighted by Crippen LogP contribution is 2.24. The molecular formula is C17H27N3O. The van der Waals surface area contributed by atoms with Gasteiger partial charge in [-0.2, -0.15) is 0 Å². The highest BCUT2D eigenvalue weighted by Gasteiger charge is 2.27. The van der Waals surface area contributed by atoms with Crippen LogP contribution in [0.5, 0.6) is 0 Å². The van der Waals surface area contributed by atoms with E-state index in [9.17, 15) is 0 Å². The maximum Gasteiger partial charge on any atom is 0.0613 e. The van der Waals surface area contributed by atoms with Crippen molar-refractivity contribution in [2.75, 3.05) is 31.1 Å². The van der Waals surface area contributed by atoms with Gasteiger partial charge < -0.3 is 15.0 Å². The lowest BCUT2D eigenvalue weighted by atomic mass is 9.98. The summed E-state index contributed by atoms with van der Waals surface area (Å²) in [4.78, 5) is 6.56. The average molecular weight is 289 g/mol. The Morgan fingerprint density at radius 3 is 2.71 bits per heavy atom. The number of pyridine rings is 1. The van der Waals surface area contributed by atoms with E-state index in [1.165, 1.54) is 24.9 Å². The van der Waals surface area contributed by atoms with Crippen LogP contribution in [0.25, 0.3) is 0 Å². The molecule has 0 bridgehead atoms. The predicted octanol–water partition coefficient (Wildman–Crippen LogP) is 2.46. The summed E-state index contributed by atoms with van der Waals surface area (Å²) in [6.07, 6.45) is 9.07. The monoisotopic (exact) mass is 289 g/mol. The molecule has 21 heavy (non-hydrogen) atoms. The molecule has 3 heterocycles. The van der Waals surface area contributed by atoms with Gasteiger partial charge in [0, 0.05) is 50.4 Å². The number of hydrogen-bond donors (Lipinski definition) is 1. The molecule has 116 valence electrons. The first-order chi connectivity index (χ1) is 10.4. The molecule has 0 spiro atoms. The number of anilines is 1. The molecule has 0 amide bonds. The summed E-state index contributed by atoms with van der Waals surface area (Å²) >= 11 is 0. The molecule has 2 aliphatic rings. The Morgan fingerprint density at radius 1 is 1.24 bits per heavy atom. The molecule has 1 aromatic rings. The highest BCUT2D eigenvalue weighted by molar-refractivity contribution is 5.44. The first-order valence-electron chi connectivity index (χ1n) is 8.36. The van der Waals surface area contributed by atoms with Crippen LogP contribution >= 0.6 is 0 Å². The molecule has 2 fully saturated rings. The predicted molar refractivity (Wildman–Crippen MR) is 85.6 cm³/mol. The first kappa shape index (κ1) is 14.8. The summed E-state index contributed by atoms with van der Waals surface area (Å²) < 4.78 is 5.78. The fourth-order valence-electron chi connectivity index (χ4n) is 3.59. The van der Waals surface area contributed by atoms with Crippen LogP contribution in [-0.2, 0) is 4.74 Å². The summed E-state index contributed by atoms with van der Waals surface area (Å²) in [5.41, 5.74) is 1.30. The standard InChI is InChI=1S/C17H27N3O/c1-2-17-14(7-12-21-17)13-19-15-5-10-20(11-6-15)16-3-8-18-9-4-16/h3-4,8-9,14-15,17,19H,2,5-7,10-13H2,1H3. The normalized spacial score (nSPS) is 27.2. The van der Waals surface area contributed by atoms with Gasteiger partial charge in [0.25, 0.3) is 0 Å². The van der Waals surface area contributed by atoms with Gasteiger partial charge in [-0.3, -0.25) is 4.98 Å². The lowest BCUT2D eigenvalue weighted by Crippen LogP contribution is -2.44. The number of nitrogens with one attached hydrogen (secondary N) is 1. The SMILES string of the molecule is CCC1OCCC1CNC1CCN(c2ccncc2)CC1. The van der Waals surface area contributed by atoms with Crippen molar-refractivity contribution >= 4 is 5.69 Å². The summed E-state index contributed by atoms with van der Waals surface area (Å²) in [5, 5.41) is 3.78. The molecule has 1 aromatic heterocycles. The van der Waals surface area contributed by atoms with Crippen molar-refractivity contribution in [1.29, 1.82) is 0 Å². The van der Waals surface area contributed by atoms with Gasteiger partial charge in [-0.15, -0.1) is 0 Å². The molecule has 2 saturated heterocycles. The Hall–Kier alpha value is -1.13. The highest BCUT2D eigenvalue weighted by atomic mass is 16.5. The van der Waals surface area contributed by atoms with Gasteiger partial charge in [0.15, 0.2) is 0 Å². The third-order valence-corrected chi connectivity index (χ3v) is 4.94. The van der Waals surface area contributed by atoms with E-state index < -0.39 is 0 Å². The van der Waals surface area contributed by atoms with Gasteiger partial charge in [0.2, 0.25) is 0 Å². The van der Waals surface area contributed by atoms with Gasteiger partial charge in [-0.25, -0.2) is 0 Å². The minimum atomic E-state index is 0.481. The number of aromatic nitrogens is 1. The summed E-state index contributed by atoms with van der Waals surface area (Å²) in [6.45, 7) is 6.58. The fourth-order valence-corrected chi connectivity index (χ4v) is 3.59. The van der Waals surface area contributed by atoms with Gasteiger partial charge in [-0.1, -0.05) is 6.92 Å². The van der Waals surface area contributed by atoms with Crippen LogP contribution < -0.4 is 10.2 Å². The van der Waals surface area contributed by atoms with Crippen molar-refractivity contribution in [3.8, 4) is 0 Å². The second-order valence-electron chi connectivity index (χ2n) is 6.24. The van der Waals surface area contributed by atoms with Gasteiger partial charge >= 0.3 is 0 Å². The van der Waals surface area contributed by atoms with E-state index in [-0.39, 0.29) is 0 Å². The fraction of sp³-hybridized carbons (Fsp3) is 0.706. The molecule has 2 unspecified atom stereocenters. The number of nitrogens with zero attached hydrogens (tertiary/aromatic N) is 2. The van der Waals surface area contributed by atoms with Crippen molar-refractivity contribution in [3.63, 3.8) is 0 Å². The van der Waals surface area contributed by atoms with Crippen LogP contribution in [0.2, 0.25) is 0 Å². The number of rotatable bonds is 5. The molecule has 2 atom stereocenters. The first-order valence-corrected chi connectivity index (χ1v) is 8.36. The maximum atomic E-state index is 5.78. The zero-order valence-electron chi connectivity index (χ0n) is 13.0. The third-order valence-electron chi connectivity index (χ3n) is 4.94. The zero-order chi connectivity index (χ0) is 14.5. The second-order valence-corrected chi connectivity index (χ2v) is 6.24. The molecule has 3 rings (SSSR count). The topological polar surface area (TPSA) is 37.4 Å². The molecule has 4 heteroatoms. The Labute approximate surface area is 127 Å². The second kappa shape index (κ2) is 7.23. The van der Waals surface area contributed by atoms with E-state index in [4.69, 9.17) is 4.74 Å². The van der Waals surface area contributed by atoms with E-state index in [0.717, 1.165) is 32.7 Å². The molecule has 4 nitrogen and oxygen atoms in total.